The first-order valence-electron chi connectivity index (χ1n) is 6.22. The summed E-state index contributed by atoms with van der Waals surface area (Å²) in [6.45, 7) is 6.98. The van der Waals surface area contributed by atoms with E-state index in [-0.39, 0.29) is 0 Å². The van der Waals surface area contributed by atoms with E-state index < -0.39 is 0 Å². The summed E-state index contributed by atoms with van der Waals surface area (Å²) in [5, 5.41) is 3.45. The van der Waals surface area contributed by atoms with Crippen LogP contribution >= 0.6 is 0 Å². The zero-order chi connectivity index (χ0) is 11.2. The third-order valence-electron chi connectivity index (χ3n) is 3.33. The van der Waals surface area contributed by atoms with E-state index in [0.717, 1.165) is 13.1 Å². The molecule has 0 spiro atoms. The lowest BCUT2D eigenvalue weighted by atomic mass is 10.1. The van der Waals surface area contributed by atoms with Crippen LogP contribution in [0.15, 0.2) is 24.5 Å². The first-order valence-corrected chi connectivity index (χ1v) is 6.22. The Hall–Kier alpha value is -0.930. The van der Waals surface area contributed by atoms with Crippen molar-refractivity contribution in [2.45, 2.75) is 25.8 Å². The molecule has 0 saturated carbocycles. The normalized spacial score (nSPS) is 21.1. The van der Waals surface area contributed by atoms with Gasteiger partial charge in [-0.25, -0.2) is 0 Å². The maximum Gasteiger partial charge on any atom is 0.0321 e. The van der Waals surface area contributed by atoms with Crippen molar-refractivity contribution in [3.63, 3.8) is 0 Å². The number of nitrogens with zero attached hydrogens (tertiary/aromatic N) is 2. The average Bonchev–Trinajstić information content (AvgIpc) is 2.29. The van der Waals surface area contributed by atoms with Crippen molar-refractivity contribution in [1.29, 1.82) is 0 Å². The first kappa shape index (κ1) is 11.6. The van der Waals surface area contributed by atoms with E-state index in [2.05, 4.69) is 34.3 Å². The molecule has 1 aromatic rings. The topological polar surface area (TPSA) is 28.2 Å². The standard InChI is InChI=1S/C13H21N3/c1-12(13-4-8-15-9-5-13)16-10-2-6-14-7-3-11-16/h4-5,8-9,12,14H,2-3,6-7,10-11H2,1H3. The molecule has 0 radical (unpaired) electrons. The van der Waals surface area contributed by atoms with Gasteiger partial charge in [-0.15, -0.1) is 0 Å². The fourth-order valence-corrected chi connectivity index (χ4v) is 2.29. The van der Waals surface area contributed by atoms with Crippen molar-refractivity contribution in [3.05, 3.63) is 30.1 Å². The monoisotopic (exact) mass is 219 g/mol. The second-order valence-corrected chi connectivity index (χ2v) is 4.45. The molecule has 3 heteroatoms. The van der Waals surface area contributed by atoms with Crippen LogP contribution in [0.1, 0.15) is 31.4 Å². The number of nitrogens with one attached hydrogen (secondary N) is 1. The van der Waals surface area contributed by atoms with Gasteiger partial charge in [0.05, 0.1) is 0 Å². The summed E-state index contributed by atoms with van der Waals surface area (Å²) in [5.41, 5.74) is 1.38. The quantitative estimate of drug-likeness (QED) is 0.822. The second-order valence-electron chi connectivity index (χ2n) is 4.45. The maximum absolute atomic E-state index is 4.08. The maximum atomic E-state index is 4.08. The Morgan fingerprint density at radius 2 is 1.81 bits per heavy atom. The van der Waals surface area contributed by atoms with Gasteiger partial charge in [0.2, 0.25) is 0 Å². The molecule has 1 aliphatic rings. The molecule has 0 aliphatic carbocycles. The predicted octanol–water partition coefficient (Wildman–Crippen LogP) is 1.83. The zero-order valence-corrected chi connectivity index (χ0v) is 10.0. The molecular weight excluding hydrogens is 198 g/mol. The third kappa shape index (κ3) is 3.03. The van der Waals surface area contributed by atoms with Gasteiger partial charge >= 0.3 is 0 Å². The van der Waals surface area contributed by atoms with E-state index >= 15 is 0 Å². The van der Waals surface area contributed by atoms with Crippen LogP contribution in [0.25, 0.3) is 0 Å². The van der Waals surface area contributed by atoms with Gasteiger partial charge in [0.1, 0.15) is 0 Å². The molecule has 1 unspecified atom stereocenters. The minimum absolute atomic E-state index is 0.515. The molecule has 1 aromatic heterocycles. The van der Waals surface area contributed by atoms with Gasteiger partial charge in [-0.05, 0) is 63.6 Å². The molecular formula is C13H21N3. The smallest absolute Gasteiger partial charge is 0.0321 e. The lowest BCUT2D eigenvalue weighted by Crippen LogP contribution is -2.35. The van der Waals surface area contributed by atoms with Gasteiger partial charge in [-0.2, -0.15) is 0 Å². The van der Waals surface area contributed by atoms with E-state index in [9.17, 15) is 0 Å². The number of rotatable bonds is 2. The predicted molar refractivity (Wildman–Crippen MR) is 66.3 cm³/mol. The summed E-state index contributed by atoms with van der Waals surface area (Å²) in [6.07, 6.45) is 6.26. The van der Waals surface area contributed by atoms with Gasteiger partial charge in [-0.3, -0.25) is 9.88 Å². The van der Waals surface area contributed by atoms with Crippen LogP contribution < -0.4 is 5.32 Å². The van der Waals surface area contributed by atoms with E-state index in [1.54, 1.807) is 0 Å². The summed E-state index contributed by atoms with van der Waals surface area (Å²) >= 11 is 0. The van der Waals surface area contributed by atoms with Gasteiger partial charge in [0.15, 0.2) is 0 Å². The molecule has 88 valence electrons. The Labute approximate surface area is 97.9 Å². The summed E-state index contributed by atoms with van der Waals surface area (Å²) in [7, 11) is 0. The van der Waals surface area contributed by atoms with Crippen LogP contribution in [-0.2, 0) is 0 Å². The molecule has 1 saturated heterocycles. The second kappa shape index (κ2) is 5.97. The minimum Gasteiger partial charge on any atom is -0.317 e. The molecule has 0 aromatic carbocycles. The fourth-order valence-electron chi connectivity index (χ4n) is 2.29. The number of hydrogen-bond donors (Lipinski definition) is 1. The Balaban J connectivity index is 1.99. The fraction of sp³-hybridized carbons (Fsp3) is 0.615. The third-order valence-corrected chi connectivity index (χ3v) is 3.33. The molecule has 1 N–H and O–H groups in total. The Morgan fingerprint density at radius 1 is 1.19 bits per heavy atom. The van der Waals surface area contributed by atoms with Crippen LogP contribution in [0.4, 0.5) is 0 Å². The summed E-state index contributed by atoms with van der Waals surface area (Å²) in [6, 6.07) is 4.77. The molecule has 0 amide bonds. The first-order chi connectivity index (χ1) is 7.88. The van der Waals surface area contributed by atoms with Gasteiger partial charge in [-0.1, -0.05) is 0 Å². The summed E-state index contributed by atoms with van der Waals surface area (Å²) in [5.74, 6) is 0. The molecule has 3 nitrogen and oxygen atoms in total. The van der Waals surface area contributed by atoms with Crippen molar-refractivity contribution in [1.82, 2.24) is 15.2 Å². The number of aromatic nitrogens is 1. The van der Waals surface area contributed by atoms with Crippen LogP contribution in [0.3, 0.4) is 0 Å². The molecule has 0 bridgehead atoms. The largest absolute Gasteiger partial charge is 0.317 e. The highest BCUT2D eigenvalue weighted by Crippen LogP contribution is 2.20. The minimum atomic E-state index is 0.515. The van der Waals surface area contributed by atoms with Crippen molar-refractivity contribution < 1.29 is 0 Å². The number of pyridine rings is 1. The van der Waals surface area contributed by atoms with Crippen LogP contribution in [0, 0.1) is 0 Å². The molecule has 2 heterocycles. The molecule has 2 rings (SSSR count). The Kier molecular flexibility index (Phi) is 4.31. The van der Waals surface area contributed by atoms with E-state index in [1.807, 2.05) is 12.4 Å². The molecule has 1 fully saturated rings. The highest BCUT2D eigenvalue weighted by molar-refractivity contribution is 5.14. The lowest BCUT2D eigenvalue weighted by Gasteiger charge is -2.31. The highest BCUT2D eigenvalue weighted by Gasteiger charge is 2.15. The summed E-state index contributed by atoms with van der Waals surface area (Å²) in [4.78, 5) is 6.66. The number of hydrogen-bond acceptors (Lipinski definition) is 3. The Bertz CT molecular complexity index is 291. The molecule has 16 heavy (non-hydrogen) atoms. The van der Waals surface area contributed by atoms with Crippen molar-refractivity contribution >= 4 is 0 Å². The highest BCUT2D eigenvalue weighted by atomic mass is 15.2. The van der Waals surface area contributed by atoms with Gasteiger partial charge < -0.3 is 5.32 Å². The van der Waals surface area contributed by atoms with Gasteiger partial charge in [0.25, 0.3) is 0 Å². The van der Waals surface area contributed by atoms with E-state index in [1.165, 1.54) is 31.5 Å². The summed E-state index contributed by atoms with van der Waals surface area (Å²) < 4.78 is 0. The van der Waals surface area contributed by atoms with Crippen LogP contribution in [-0.4, -0.2) is 36.1 Å². The van der Waals surface area contributed by atoms with Gasteiger partial charge in [0, 0.05) is 18.4 Å². The molecule has 1 atom stereocenters. The van der Waals surface area contributed by atoms with Crippen molar-refractivity contribution in [2.24, 2.45) is 0 Å². The average molecular weight is 219 g/mol. The Morgan fingerprint density at radius 3 is 2.44 bits per heavy atom. The lowest BCUT2D eigenvalue weighted by molar-refractivity contribution is 0.195. The zero-order valence-electron chi connectivity index (χ0n) is 10.0. The van der Waals surface area contributed by atoms with E-state index in [4.69, 9.17) is 0 Å². The van der Waals surface area contributed by atoms with Crippen molar-refractivity contribution in [2.75, 3.05) is 26.2 Å². The van der Waals surface area contributed by atoms with E-state index in [0.29, 0.717) is 6.04 Å². The van der Waals surface area contributed by atoms with Crippen LogP contribution in [0.2, 0.25) is 0 Å². The van der Waals surface area contributed by atoms with Crippen LogP contribution in [0.5, 0.6) is 0 Å². The molecule has 1 aliphatic heterocycles. The van der Waals surface area contributed by atoms with Crippen molar-refractivity contribution in [3.8, 4) is 0 Å². The SMILES string of the molecule is CC(c1ccncc1)N1CCCNCCC1.